The lowest BCUT2D eigenvalue weighted by Crippen LogP contribution is -2.51. The predicted octanol–water partition coefficient (Wildman–Crippen LogP) is 3.75. The standard InChI is InChI=1S/C22H26N2O4/c1-3-14-9-10-17-15(12-19(25)28-18(17)11-14)13-24-20(26)22(2,23-21(24)27)16-7-5-4-6-8-16/h9-12,16H,3-8,13H2,1-2H3,(H,23,27)/t22-/m1/s1. The molecule has 2 heterocycles. The third-order valence-corrected chi connectivity index (χ3v) is 6.35. The summed E-state index contributed by atoms with van der Waals surface area (Å²) < 4.78 is 5.34. The summed E-state index contributed by atoms with van der Waals surface area (Å²) in [5, 5.41) is 3.69. The van der Waals surface area contributed by atoms with Crippen molar-refractivity contribution in [3.63, 3.8) is 0 Å². The number of amides is 3. The molecule has 0 unspecified atom stereocenters. The van der Waals surface area contributed by atoms with Gasteiger partial charge in [-0.2, -0.15) is 0 Å². The van der Waals surface area contributed by atoms with E-state index < -0.39 is 11.2 Å². The quantitative estimate of drug-likeness (QED) is 0.645. The number of hydrogen-bond acceptors (Lipinski definition) is 4. The van der Waals surface area contributed by atoms with Gasteiger partial charge >= 0.3 is 11.7 Å². The maximum absolute atomic E-state index is 13.2. The molecule has 2 aromatic rings. The molecule has 6 heteroatoms. The van der Waals surface area contributed by atoms with Crippen molar-refractivity contribution in [3.05, 3.63) is 45.8 Å². The van der Waals surface area contributed by atoms with Crippen LogP contribution in [0.3, 0.4) is 0 Å². The van der Waals surface area contributed by atoms with Gasteiger partial charge in [0.1, 0.15) is 11.1 Å². The summed E-state index contributed by atoms with van der Waals surface area (Å²) in [5.41, 5.74) is 0.849. The first-order valence-electron chi connectivity index (χ1n) is 10.1. The number of nitrogens with zero attached hydrogens (tertiary/aromatic N) is 1. The fraction of sp³-hybridized carbons (Fsp3) is 0.500. The molecule has 1 aromatic carbocycles. The highest BCUT2D eigenvalue weighted by atomic mass is 16.4. The van der Waals surface area contributed by atoms with Gasteiger partial charge in [0.2, 0.25) is 0 Å². The number of imide groups is 1. The molecule has 1 aliphatic carbocycles. The van der Waals surface area contributed by atoms with Gasteiger partial charge < -0.3 is 9.73 Å². The van der Waals surface area contributed by atoms with E-state index in [4.69, 9.17) is 4.42 Å². The molecule has 0 radical (unpaired) electrons. The van der Waals surface area contributed by atoms with E-state index in [0.29, 0.717) is 11.1 Å². The second-order valence-corrected chi connectivity index (χ2v) is 8.13. The van der Waals surface area contributed by atoms with E-state index in [1.165, 1.54) is 17.4 Å². The second-order valence-electron chi connectivity index (χ2n) is 8.13. The molecule has 1 saturated heterocycles. The van der Waals surface area contributed by atoms with Crippen molar-refractivity contribution in [3.8, 4) is 0 Å². The van der Waals surface area contributed by atoms with E-state index in [0.717, 1.165) is 43.1 Å². The van der Waals surface area contributed by atoms with Gasteiger partial charge in [-0.1, -0.05) is 38.3 Å². The first kappa shape index (κ1) is 18.7. The molecule has 2 fully saturated rings. The molecule has 6 nitrogen and oxygen atoms in total. The minimum Gasteiger partial charge on any atom is -0.423 e. The number of hydrogen-bond donors (Lipinski definition) is 1. The monoisotopic (exact) mass is 382 g/mol. The predicted molar refractivity (Wildman–Crippen MR) is 106 cm³/mol. The van der Waals surface area contributed by atoms with Crippen molar-refractivity contribution >= 4 is 22.9 Å². The van der Waals surface area contributed by atoms with E-state index in [2.05, 4.69) is 5.32 Å². The maximum Gasteiger partial charge on any atom is 0.336 e. The molecule has 2 aliphatic rings. The van der Waals surface area contributed by atoms with E-state index in [1.807, 2.05) is 32.0 Å². The van der Waals surface area contributed by atoms with Crippen LogP contribution in [-0.4, -0.2) is 22.4 Å². The minimum absolute atomic E-state index is 0.0700. The number of carbonyl (C=O) groups excluding carboxylic acids is 2. The number of nitrogens with one attached hydrogen (secondary N) is 1. The average molecular weight is 382 g/mol. The molecule has 1 aromatic heterocycles. The third-order valence-electron chi connectivity index (χ3n) is 6.35. The molecular formula is C22H26N2O4. The Morgan fingerprint density at radius 1 is 1.14 bits per heavy atom. The zero-order valence-corrected chi connectivity index (χ0v) is 16.4. The fourth-order valence-electron chi connectivity index (χ4n) is 4.61. The third kappa shape index (κ3) is 3.11. The lowest BCUT2D eigenvalue weighted by molar-refractivity contribution is -0.133. The Hall–Kier alpha value is -2.63. The van der Waals surface area contributed by atoms with Crippen molar-refractivity contribution in [2.24, 2.45) is 5.92 Å². The van der Waals surface area contributed by atoms with E-state index >= 15 is 0 Å². The molecule has 148 valence electrons. The summed E-state index contributed by atoms with van der Waals surface area (Å²) in [5.74, 6) is -0.0385. The van der Waals surface area contributed by atoms with Crippen molar-refractivity contribution in [2.75, 3.05) is 0 Å². The first-order chi connectivity index (χ1) is 13.4. The smallest absolute Gasteiger partial charge is 0.336 e. The van der Waals surface area contributed by atoms with Crippen LogP contribution >= 0.6 is 0 Å². The lowest BCUT2D eigenvalue weighted by Gasteiger charge is -2.34. The van der Waals surface area contributed by atoms with Crippen LogP contribution in [0.5, 0.6) is 0 Å². The summed E-state index contributed by atoms with van der Waals surface area (Å²) in [6.07, 6.45) is 6.10. The summed E-state index contributed by atoms with van der Waals surface area (Å²) in [6, 6.07) is 6.71. The molecule has 1 atom stereocenters. The number of fused-ring (bicyclic) bond motifs is 1. The van der Waals surface area contributed by atoms with Crippen LogP contribution in [0.2, 0.25) is 0 Å². The summed E-state index contributed by atoms with van der Waals surface area (Å²) in [6.45, 7) is 3.94. The van der Waals surface area contributed by atoms with Gasteiger partial charge in [0, 0.05) is 11.5 Å². The van der Waals surface area contributed by atoms with Crippen LogP contribution in [0.25, 0.3) is 11.0 Å². The number of benzene rings is 1. The van der Waals surface area contributed by atoms with E-state index in [9.17, 15) is 14.4 Å². The highest BCUT2D eigenvalue weighted by molar-refractivity contribution is 6.07. The Kier molecular flexibility index (Phi) is 4.73. The first-order valence-corrected chi connectivity index (χ1v) is 10.1. The van der Waals surface area contributed by atoms with Gasteiger partial charge in [-0.3, -0.25) is 9.69 Å². The van der Waals surface area contributed by atoms with Gasteiger partial charge in [-0.05, 0) is 49.3 Å². The Bertz CT molecular complexity index is 990. The van der Waals surface area contributed by atoms with Crippen LogP contribution in [0.4, 0.5) is 4.79 Å². The van der Waals surface area contributed by atoms with Gasteiger partial charge in [0.25, 0.3) is 5.91 Å². The highest BCUT2D eigenvalue weighted by Crippen LogP contribution is 2.37. The van der Waals surface area contributed by atoms with Gasteiger partial charge in [0.05, 0.1) is 6.54 Å². The Morgan fingerprint density at radius 2 is 1.89 bits per heavy atom. The van der Waals surface area contributed by atoms with Gasteiger partial charge in [-0.15, -0.1) is 0 Å². The highest BCUT2D eigenvalue weighted by Gasteiger charge is 2.52. The molecule has 1 saturated carbocycles. The van der Waals surface area contributed by atoms with Gasteiger partial charge in [0.15, 0.2) is 0 Å². The largest absolute Gasteiger partial charge is 0.423 e. The van der Waals surface area contributed by atoms with Crippen molar-refractivity contribution < 1.29 is 14.0 Å². The van der Waals surface area contributed by atoms with E-state index in [-0.39, 0.29) is 24.4 Å². The zero-order chi connectivity index (χ0) is 19.9. The molecule has 1 aliphatic heterocycles. The zero-order valence-electron chi connectivity index (χ0n) is 16.4. The number of aryl methyl sites for hydroxylation is 1. The number of carbonyl (C=O) groups is 2. The second kappa shape index (κ2) is 7.08. The average Bonchev–Trinajstić information content (AvgIpc) is 2.92. The molecular weight excluding hydrogens is 356 g/mol. The Balaban J connectivity index is 1.66. The topological polar surface area (TPSA) is 79.6 Å². The molecule has 4 rings (SSSR count). The van der Waals surface area contributed by atoms with E-state index in [1.54, 1.807) is 0 Å². The molecule has 0 bridgehead atoms. The lowest BCUT2D eigenvalue weighted by atomic mass is 9.75. The fourth-order valence-corrected chi connectivity index (χ4v) is 4.61. The van der Waals surface area contributed by atoms with Crippen molar-refractivity contribution in [1.82, 2.24) is 10.2 Å². The van der Waals surface area contributed by atoms with Crippen LogP contribution < -0.4 is 10.9 Å². The minimum atomic E-state index is -0.859. The van der Waals surface area contributed by atoms with Crippen LogP contribution in [0.1, 0.15) is 57.1 Å². The van der Waals surface area contributed by atoms with Crippen molar-refractivity contribution in [1.29, 1.82) is 0 Å². The molecule has 3 amide bonds. The summed E-state index contributed by atoms with van der Waals surface area (Å²) in [4.78, 5) is 39.2. The Morgan fingerprint density at radius 3 is 2.61 bits per heavy atom. The summed E-state index contributed by atoms with van der Waals surface area (Å²) >= 11 is 0. The summed E-state index contributed by atoms with van der Waals surface area (Å²) in [7, 11) is 0. The number of urea groups is 1. The van der Waals surface area contributed by atoms with Crippen LogP contribution in [0.15, 0.2) is 33.5 Å². The SMILES string of the molecule is CCc1ccc2c(CN3C(=O)N[C@](C)(C4CCCCC4)C3=O)cc(=O)oc2c1. The van der Waals surface area contributed by atoms with Crippen LogP contribution in [-0.2, 0) is 17.8 Å². The molecule has 0 spiro atoms. The van der Waals surface area contributed by atoms with Crippen molar-refractivity contribution in [2.45, 2.75) is 64.5 Å². The van der Waals surface area contributed by atoms with Gasteiger partial charge in [-0.25, -0.2) is 9.59 Å². The normalized spacial score (nSPS) is 23.4. The maximum atomic E-state index is 13.2. The molecule has 28 heavy (non-hydrogen) atoms. The number of rotatable bonds is 4. The van der Waals surface area contributed by atoms with Crippen LogP contribution in [0, 0.1) is 5.92 Å². The Labute approximate surface area is 163 Å². The molecule has 1 N–H and O–H groups in total.